The second-order valence-electron chi connectivity index (χ2n) is 4.20. The fraction of sp³-hybridized carbons (Fsp3) is 0.250. The molecule has 0 fully saturated rings. The molecule has 2 aromatic rings. The summed E-state index contributed by atoms with van der Waals surface area (Å²) in [6, 6.07) is 12.3. The lowest BCUT2D eigenvalue weighted by atomic mass is 10.3. The average Bonchev–Trinajstić information content (AvgIpc) is 2.46. The van der Waals surface area contributed by atoms with Crippen molar-refractivity contribution in [3.63, 3.8) is 0 Å². The van der Waals surface area contributed by atoms with E-state index in [9.17, 15) is 8.78 Å². The smallest absolute Gasteiger partial charge is 0.123 e. The highest BCUT2D eigenvalue weighted by Gasteiger charge is 1.99. The van der Waals surface area contributed by atoms with Crippen LogP contribution in [0.3, 0.4) is 0 Å². The number of nitrogen functional groups attached to an aromatic ring is 1. The molecule has 2 aromatic carbocycles. The summed E-state index contributed by atoms with van der Waals surface area (Å²) >= 11 is 0. The molecule has 20 heavy (non-hydrogen) atoms. The Morgan fingerprint density at radius 3 is 1.55 bits per heavy atom. The van der Waals surface area contributed by atoms with Crippen LogP contribution in [0.1, 0.15) is 13.8 Å². The van der Waals surface area contributed by atoms with Gasteiger partial charge >= 0.3 is 0 Å². The van der Waals surface area contributed by atoms with Crippen molar-refractivity contribution >= 4 is 11.4 Å². The van der Waals surface area contributed by atoms with E-state index in [-0.39, 0.29) is 11.6 Å². The predicted molar refractivity (Wildman–Crippen MR) is 80.8 cm³/mol. The topological polar surface area (TPSA) is 29.3 Å². The van der Waals surface area contributed by atoms with Crippen LogP contribution in [0.25, 0.3) is 0 Å². The summed E-state index contributed by atoms with van der Waals surface area (Å²) in [4.78, 5) is 2.18. The maximum atomic E-state index is 12.5. The maximum absolute atomic E-state index is 12.5. The first-order valence-electron chi connectivity index (χ1n) is 6.58. The molecule has 108 valence electrons. The quantitative estimate of drug-likeness (QED) is 0.857. The van der Waals surface area contributed by atoms with Crippen molar-refractivity contribution in [1.29, 1.82) is 0 Å². The molecule has 0 heterocycles. The van der Waals surface area contributed by atoms with Gasteiger partial charge in [-0.05, 0) is 62.4 Å². The van der Waals surface area contributed by atoms with Crippen LogP contribution in [0.15, 0.2) is 48.5 Å². The van der Waals surface area contributed by atoms with Crippen LogP contribution in [-0.4, -0.2) is 13.1 Å². The molecule has 0 radical (unpaired) electrons. The van der Waals surface area contributed by atoms with Gasteiger partial charge in [0.05, 0.1) is 0 Å². The minimum absolute atomic E-state index is 0.175. The Morgan fingerprint density at radius 1 is 0.800 bits per heavy atom. The lowest BCUT2D eigenvalue weighted by Gasteiger charge is -2.20. The lowest BCUT2D eigenvalue weighted by Crippen LogP contribution is -2.21. The number of benzene rings is 2. The summed E-state index contributed by atoms with van der Waals surface area (Å²) in [6.45, 7) is 6.10. The van der Waals surface area contributed by atoms with Crippen LogP contribution in [0.5, 0.6) is 0 Å². The molecule has 0 aliphatic rings. The van der Waals surface area contributed by atoms with Gasteiger partial charge in [-0.25, -0.2) is 8.78 Å². The van der Waals surface area contributed by atoms with Gasteiger partial charge < -0.3 is 10.6 Å². The van der Waals surface area contributed by atoms with Gasteiger partial charge in [-0.2, -0.15) is 0 Å². The number of anilines is 2. The van der Waals surface area contributed by atoms with Crippen molar-refractivity contribution in [2.75, 3.05) is 23.7 Å². The Bertz CT molecular complexity index is 470. The van der Waals surface area contributed by atoms with Crippen LogP contribution in [0.2, 0.25) is 0 Å². The molecule has 0 saturated heterocycles. The van der Waals surface area contributed by atoms with Gasteiger partial charge in [-0.3, -0.25) is 0 Å². The van der Waals surface area contributed by atoms with Gasteiger partial charge in [0.15, 0.2) is 0 Å². The normalized spacial score (nSPS) is 9.60. The fourth-order valence-electron chi connectivity index (χ4n) is 1.70. The lowest BCUT2D eigenvalue weighted by molar-refractivity contribution is 0.627. The van der Waals surface area contributed by atoms with Crippen LogP contribution in [0.4, 0.5) is 20.2 Å². The first-order valence-corrected chi connectivity index (χ1v) is 6.58. The number of halogens is 2. The SMILES string of the molecule is CCN(CC)c1ccc(F)cc1.Nc1ccc(F)cc1. The third-order valence-electron chi connectivity index (χ3n) is 2.83. The monoisotopic (exact) mass is 278 g/mol. The number of nitrogens with two attached hydrogens (primary N) is 1. The molecule has 0 aliphatic carbocycles. The Morgan fingerprint density at radius 2 is 1.20 bits per heavy atom. The van der Waals surface area contributed by atoms with E-state index in [0.717, 1.165) is 18.8 Å². The molecule has 0 amide bonds. The highest BCUT2D eigenvalue weighted by molar-refractivity contribution is 5.45. The van der Waals surface area contributed by atoms with E-state index in [2.05, 4.69) is 18.7 Å². The molecule has 0 saturated carbocycles. The van der Waals surface area contributed by atoms with Gasteiger partial charge in [0.25, 0.3) is 0 Å². The van der Waals surface area contributed by atoms with Gasteiger partial charge in [0.2, 0.25) is 0 Å². The number of hydrogen-bond donors (Lipinski definition) is 1. The Balaban J connectivity index is 0.000000217. The molecule has 2 N–H and O–H groups in total. The highest BCUT2D eigenvalue weighted by atomic mass is 19.1. The first kappa shape index (κ1) is 16.0. The number of hydrogen-bond acceptors (Lipinski definition) is 2. The van der Waals surface area contributed by atoms with E-state index in [1.807, 2.05) is 12.1 Å². The number of nitrogens with zero attached hydrogens (tertiary/aromatic N) is 1. The van der Waals surface area contributed by atoms with Gasteiger partial charge in [-0.15, -0.1) is 0 Å². The minimum atomic E-state index is -0.251. The predicted octanol–water partition coefficient (Wildman–Crippen LogP) is 4.08. The van der Waals surface area contributed by atoms with E-state index >= 15 is 0 Å². The van der Waals surface area contributed by atoms with Crippen molar-refractivity contribution < 1.29 is 8.78 Å². The zero-order valence-electron chi connectivity index (χ0n) is 11.8. The molecule has 0 unspecified atom stereocenters. The standard InChI is InChI=1S/C10H14FN.C6H6FN/c1-3-12(4-2)10-7-5-9(11)6-8-10;7-5-1-3-6(8)4-2-5/h5-8H,3-4H2,1-2H3;1-4H,8H2. The minimum Gasteiger partial charge on any atom is -0.399 e. The van der Waals surface area contributed by atoms with E-state index in [1.54, 1.807) is 0 Å². The van der Waals surface area contributed by atoms with Crippen molar-refractivity contribution in [2.45, 2.75) is 13.8 Å². The largest absolute Gasteiger partial charge is 0.399 e. The summed E-state index contributed by atoms with van der Waals surface area (Å²) in [7, 11) is 0. The van der Waals surface area contributed by atoms with E-state index < -0.39 is 0 Å². The first-order chi connectivity index (χ1) is 9.56. The Kier molecular flexibility index (Phi) is 6.50. The van der Waals surface area contributed by atoms with Crippen molar-refractivity contribution in [1.82, 2.24) is 0 Å². The van der Waals surface area contributed by atoms with Crippen molar-refractivity contribution in [2.24, 2.45) is 0 Å². The zero-order chi connectivity index (χ0) is 15.0. The third kappa shape index (κ3) is 5.26. The maximum Gasteiger partial charge on any atom is 0.123 e. The zero-order valence-corrected chi connectivity index (χ0v) is 11.8. The van der Waals surface area contributed by atoms with Gasteiger partial charge in [0, 0.05) is 24.5 Å². The molecular weight excluding hydrogens is 258 g/mol. The average molecular weight is 278 g/mol. The van der Waals surface area contributed by atoms with Crippen molar-refractivity contribution in [3.8, 4) is 0 Å². The van der Waals surface area contributed by atoms with Gasteiger partial charge in [0.1, 0.15) is 11.6 Å². The Labute approximate surface area is 118 Å². The summed E-state index contributed by atoms with van der Waals surface area (Å²) in [5, 5.41) is 0. The van der Waals surface area contributed by atoms with Crippen LogP contribution >= 0.6 is 0 Å². The van der Waals surface area contributed by atoms with Gasteiger partial charge in [-0.1, -0.05) is 0 Å². The molecule has 0 bridgehead atoms. The molecule has 0 spiro atoms. The van der Waals surface area contributed by atoms with Crippen LogP contribution in [0, 0.1) is 11.6 Å². The Hall–Kier alpha value is -2.10. The summed E-state index contributed by atoms with van der Waals surface area (Å²) in [5.74, 6) is -0.426. The highest BCUT2D eigenvalue weighted by Crippen LogP contribution is 2.13. The van der Waals surface area contributed by atoms with E-state index in [1.165, 1.54) is 36.4 Å². The molecule has 0 atom stereocenters. The van der Waals surface area contributed by atoms with Crippen molar-refractivity contribution in [3.05, 3.63) is 60.2 Å². The van der Waals surface area contributed by atoms with E-state index in [0.29, 0.717) is 5.69 Å². The molecular formula is C16H20F2N2. The fourth-order valence-corrected chi connectivity index (χ4v) is 1.70. The summed E-state index contributed by atoms with van der Waals surface area (Å²) in [6.07, 6.45) is 0. The second-order valence-corrected chi connectivity index (χ2v) is 4.20. The second kappa shape index (κ2) is 8.15. The van der Waals surface area contributed by atoms with Crippen LogP contribution in [-0.2, 0) is 0 Å². The number of rotatable bonds is 3. The molecule has 2 nitrogen and oxygen atoms in total. The van der Waals surface area contributed by atoms with Crippen LogP contribution < -0.4 is 10.6 Å². The molecule has 0 aromatic heterocycles. The summed E-state index contributed by atoms with van der Waals surface area (Å²) in [5.41, 5.74) is 6.93. The molecule has 4 heteroatoms. The summed E-state index contributed by atoms with van der Waals surface area (Å²) < 4.78 is 24.6. The molecule has 0 aliphatic heterocycles. The third-order valence-corrected chi connectivity index (χ3v) is 2.83. The molecule has 2 rings (SSSR count). The van der Waals surface area contributed by atoms with E-state index in [4.69, 9.17) is 5.73 Å².